The van der Waals surface area contributed by atoms with E-state index in [1.54, 1.807) is 18.0 Å². The third-order valence-corrected chi connectivity index (χ3v) is 3.64. The van der Waals surface area contributed by atoms with E-state index in [4.69, 9.17) is 5.26 Å². The molecule has 1 aromatic heterocycles. The number of aryl methyl sites for hydroxylation is 1. The van der Waals surface area contributed by atoms with Crippen molar-refractivity contribution >= 4 is 11.8 Å². The van der Waals surface area contributed by atoms with Gasteiger partial charge in [0.25, 0.3) is 0 Å². The van der Waals surface area contributed by atoms with Crippen molar-refractivity contribution in [1.29, 1.82) is 5.26 Å². The Labute approximate surface area is 111 Å². The zero-order valence-electron chi connectivity index (χ0n) is 10.3. The number of benzene rings is 1. The lowest BCUT2D eigenvalue weighted by Crippen LogP contribution is -1.95. The van der Waals surface area contributed by atoms with E-state index in [2.05, 4.69) is 46.8 Å². The van der Waals surface area contributed by atoms with E-state index >= 15 is 0 Å². The van der Waals surface area contributed by atoms with Crippen LogP contribution in [0.25, 0.3) is 5.69 Å². The molecule has 0 bridgehead atoms. The molecule has 4 heteroatoms. The second kappa shape index (κ2) is 6.27. The van der Waals surface area contributed by atoms with Gasteiger partial charge in [-0.05, 0) is 24.1 Å². The Morgan fingerprint density at radius 3 is 2.78 bits per heavy atom. The summed E-state index contributed by atoms with van der Waals surface area (Å²) in [5.41, 5.74) is 2.45. The summed E-state index contributed by atoms with van der Waals surface area (Å²) in [6.45, 7) is 2.15. The molecule has 0 aliphatic heterocycles. The summed E-state index contributed by atoms with van der Waals surface area (Å²) in [5.74, 6) is 0.778. The molecular weight excluding hydrogens is 242 g/mol. The summed E-state index contributed by atoms with van der Waals surface area (Å²) in [6.07, 6.45) is 5.35. The maximum absolute atomic E-state index is 8.55. The standard InChI is InChI=1S/C14H15N3S/c1-2-12-4-6-13(7-5-12)17-10-9-16-14(17)18-11-3-8-15/h4-7,9-10H,2-3,11H2,1H3. The lowest BCUT2D eigenvalue weighted by molar-refractivity contribution is 0.893. The fraction of sp³-hybridized carbons (Fsp3) is 0.286. The Bertz CT molecular complexity index is 537. The highest BCUT2D eigenvalue weighted by atomic mass is 32.2. The van der Waals surface area contributed by atoms with Crippen molar-refractivity contribution in [2.75, 3.05) is 5.75 Å². The van der Waals surface area contributed by atoms with Crippen LogP contribution in [0.1, 0.15) is 18.9 Å². The molecule has 0 spiro atoms. The first kappa shape index (κ1) is 12.7. The van der Waals surface area contributed by atoms with Gasteiger partial charge in [0.15, 0.2) is 5.16 Å². The van der Waals surface area contributed by atoms with Crippen LogP contribution in [0.3, 0.4) is 0 Å². The smallest absolute Gasteiger partial charge is 0.172 e. The van der Waals surface area contributed by atoms with Crippen molar-refractivity contribution in [3.05, 3.63) is 42.2 Å². The average molecular weight is 257 g/mol. The molecule has 0 saturated carbocycles. The number of hydrogen-bond acceptors (Lipinski definition) is 3. The number of nitriles is 1. The van der Waals surface area contributed by atoms with Gasteiger partial charge < -0.3 is 0 Å². The number of thioether (sulfide) groups is 1. The summed E-state index contributed by atoms with van der Waals surface area (Å²) in [7, 11) is 0. The molecule has 0 unspecified atom stereocenters. The monoisotopic (exact) mass is 257 g/mol. The van der Waals surface area contributed by atoms with Gasteiger partial charge in [-0.15, -0.1) is 0 Å². The molecule has 18 heavy (non-hydrogen) atoms. The van der Waals surface area contributed by atoms with Gasteiger partial charge in [-0.3, -0.25) is 4.57 Å². The van der Waals surface area contributed by atoms with Crippen molar-refractivity contribution in [1.82, 2.24) is 9.55 Å². The number of rotatable bonds is 5. The number of hydrogen-bond donors (Lipinski definition) is 0. The van der Waals surface area contributed by atoms with E-state index in [1.807, 2.05) is 6.20 Å². The average Bonchev–Trinajstić information content (AvgIpc) is 2.88. The first-order valence-corrected chi connectivity index (χ1v) is 6.96. The minimum Gasteiger partial charge on any atom is -0.295 e. The minimum absolute atomic E-state index is 0.548. The third-order valence-electron chi connectivity index (χ3n) is 2.67. The molecule has 92 valence electrons. The SMILES string of the molecule is CCc1ccc(-n2ccnc2SCCC#N)cc1. The van der Waals surface area contributed by atoms with Crippen molar-refractivity contribution in [2.45, 2.75) is 24.9 Å². The van der Waals surface area contributed by atoms with Gasteiger partial charge in [-0.25, -0.2) is 4.98 Å². The molecule has 0 aliphatic rings. The van der Waals surface area contributed by atoms with Gasteiger partial charge in [-0.2, -0.15) is 5.26 Å². The Morgan fingerprint density at radius 2 is 2.11 bits per heavy atom. The molecule has 2 rings (SSSR count). The molecule has 0 saturated heterocycles. The van der Waals surface area contributed by atoms with Gasteiger partial charge >= 0.3 is 0 Å². The molecule has 0 atom stereocenters. The largest absolute Gasteiger partial charge is 0.295 e. The maximum atomic E-state index is 8.55. The highest BCUT2D eigenvalue weighted by molar-refractivity contribution is 7.99. The quantitative estimate of drug-likeness (QED) is 0.608. The van der Waals surface area contributed by atoms with Crippen molar-refractivity contribution in [3.63, 3.8) is 0 Å². The first-order valence-electron chi connectivity index (χ1n) is 5.97. The fourth-order valence-electron chi connectivity index (χ4n) is 1.67. The first-order chi connectivity index (χ1) is 8.85. The molecule has 0 N–H and O–H groups in total. The molecule has 0 radical (unpaired) electrons. The Balaban J connectivity index is 2.17. The second-order valence-electron chi connectivity index (χ2n) is 3.86. The summed E-state index contributed by atoms with van der Waals surface area (Å²) in [4.78, 5) is 4.32. The lowest BCUT2D eigenvalue weighted by atomic mass is 10.1. The molecule has 0 fully saturated rings. The van der Waals surface area contributed by atoms with Crippen molar-refractivity contribution in [2.24, 2.45) is 0 Å². The topological polar surface area (TPSA) is 41.6 Å². The predicted octanol–water partition coefficient (Wildman–Crippen LogP) is 3.44. The van der Waals surface area contributed by atoms with Crippen LogP contribution in [-0.2, 0) is 6.42 Å². The van der Waals surface area contributed by atoms with Gasteiger partial charge in [0.1, 0.15) is 0 Å². The Kier molecular flexibility index (Phi) is 4.43. The summed E-state index contributed by atoms with van der Waals surface area (Å²) < 4.78 is 2.06. The van der Waals surface area contributed by atoms with Crippen LogP contribution in [0.2, 0.25) is 0 Å². The van der Waals surface area contributed by atoms with Crippen LogP contribution >= 0.6 is 11.8 Å². The molecule has 1 aromatic carbocycles. The van der Waals surface area contributed by atoms with Gasteiger partial charge in [-0.1, -0.05) is 30.8 Å². The van der Waals surface area contributed by atoms with E-state index in [1.165, 1.54) is 5.56 Å². The Hall–Kier alpha value is -1.73. The molecule has 0 amide bonds. The van der Waals surface area contributed by atoms with Crippen LogP contribution in [0.5, 0.6) is 0 Å². The molecular formula is C14H15N3S. The minimum atomic E-state index is 0.548. The van der Waals surface area contributed by atoms with Crippen molar-refractivity contribution in [3.8, 4) is 11.8 Å². The highest BCUT2D eigenvalue weighted by Gasteiger charge is 2.05. The number of imidazole rings is 1. The van der Waals surface area contributed by atoms with Crippen LogP contribution in [0.4, 0.5) is 0 Å². The van der Waals surface area contributed by atoms with E-state index < -0.39 is 0 Å². The highest BCUT2D eigenvalue weighted by Crippen LogP contribution is 2.21. The van der Waals surface area contributed by atoms with Crippen LogP contribution in [0.15, 0.2) is 41.8 Å². The normalized spacial score (nSPS) is 10.2. The van der Waals surface area contributed by atoms with Gasteiger partial charge in [0.2, 0.25) is 0 Å². The summed E-state index contributed by atoms with van der Waals surface area (Å²) in [5, 5.41) is 9.49. The fourth-order valence-corrected chi connectivity index (χ4v) is 2.49. The van der Waals surface area contributed by atoms with Crippen molar-refractivity contribution < 1.29 is 0 Å². The number of nitrogens with zero attached hydrogens (tertiary/aromatic N) is 3. The van der Waals surface area contributed by atoms with E-state index in [-0.39, 0.29) is 0 Å². The molecule has 1 heterocycles. The predicted molar refractivity (Wildman–Crippen MR) is 73.9 cm³/mol. The molecule has 3 nitrogen and oxygen atoms in total. The second-order valence-corrected chi connectivity index (χ2v) is 4.92. The van der Waals surface area contributed by atoms with Crippen LogP contribution in [-0.4, -0.2) is 15.3 Å². The van der Waals surface area contributed by atoms with Gasteiger partial charge in [0, 0.05) is 30.3 Å². The summed E-state index contributed by atoms with van der Waals surface area (Å²) in [6, 6.07) is 10.6. The Morgan fingerprint density at radius 1 is 1.33 bits per heavy atom. The van der Waals surface area contributed by atoms with E-state index in [0.717, 1.165) is 23.0 Å². The zero-order valence-corrected chi connectivity index (χ0v) is 11.2. The number of aromatic nitrogens is 2. The molecule has 2 aromatic rings. The van der Waals surface area contributed by atoms with Crippen LogP contribution < -0.4 is 0 Å². The van der Waals surface area contributed by atoms with E-state index in [9.17, 15) is 0 Å². The third kappa shape index (κ3) is 2.93. The molecule has 0 aliphatic carbocycles. The van der Waals surface area contributed by atoms with E-state index in [0.29, 0.717) is 6.42 Å². The summed E-state index contributed by atoms with van der Waals surface area (Å²) >= 11 is 1.61. The van der Waals surface area contributed by atoms with Crippen LogP contribution in [0, 0.1) is 11.3 Å². The maximum Gasteiger partial charge on any atom is 0.172 e. The zero-order chi connectivity index (χ0) is 12.8. The lowest BCUT2D eigenvalue weighted by Gasteiger charge is -2.07. The van der Waals surface area contributed by atoms with Gasteiger partial charge in [0.05, 0.1) is 6.07 Å².